The van der Waals surface area contributed by atoms with Crippen molar-refractivity contribution >= 4 is 17.6 Å². The van der Waals surface area contributed by atoms with E-state index in [1.165, 1.54) is 29.5 Å². The van der Waals surface area contributed by atoms with Crippen LogP contribution in [0, 0.1) is 0 Å². The standard InChI is InChI=1S/C32H43N5O3/c1-33-31(40)36-16-11-25(12-17-36)34-26-8-9-29-28(18-26)30(39)37(22-32(29)13-4-5-14-32)21-27(38)20-35-15-10-23-6-2-3-7-24(23)19-35/h2-3,6-9,18,25,27,34,38H,4-5,10-17,19-22H2,1H3,(H,33,40)/t27-/m1/s1. The van der Waals surface area contributed by atoms with E-state index in [1.54, 1.807) is 7.05 Å². The minimum Gasteiger partial charge on any atom is -0.390 e. The van der Waals surface area contributed by atoms with Crippen LogP contribution in [0.1, 0.15) is 65.6 Å². The van der Waals surface area contributed by atoms with Crippen LogP contribution in [0.3, 0.4) is 0 Å². The molecule has 2 aromatic carbocycles. The molecule has 4 aliphatic rings. The van der Waals surface area contributed by atoms with Crippen LogP contribution < -0.4 is 10.6 Å². The van der Waals surface area contributed by atoms with Crippen LogP contribution in [0.2, 0.25) is 0 Å². The number of carbonyl (C=O) groups is 2. The number of piperidine rings is 1. The summed E-state index contributed by atoms with van der Waals surface area (Å²) in [6.07, 6.45) is 6.72. The number of nitrogens with zero attached hydrogens (tertiary/aromatic N) is 3. The van der Waals surface area contributed by atoms with E-state index < -0.39 is 6.10 Å². The first-order valence-electron chi connectivity index (χ1n) is 15.1. The van der Waals surface area contributed by atoms with E-state index >= 15 is 0 Å². The minimum atomic E-state index is -0.582. The number of β-amino-alcohol motifs (C(OH)–C–C–N with tert-alkyl or cyclic N) is 1. The summed E-state index contributed by atoms with van der Waals surface area (Å²) in [6, 6.07) is 15.2. The van der Waals surface area contributed by atoms with Crippen LogP contribution in [0.15, 0.2) is 42.5 Å². The summed E-state index contributed by atoms with van der Waals surface area (Å²) >= 11 is 0. The fourth-order valence-electron chi connectivity index (χ4n) is 7.53. The van der Waals surface area contributed by atoms with E-state index in [0.29, 0.717) is 19.6 Å². The van der Waals surface area contributed by atoms with Crippen molar-refractivity contribution < 1.29 is 14.7 Å². The third kappa shape index (κ3) is 5.44. The third-order valence-corrected chi connectivity index (χ3v) is 9.64. The number of hydrogen-bond donors (Lipinski definition) is 3. The Morgan fingerprint density at radius 2 is 1.80 bits per heavy atom. The Kier molecular flexibility index (Phi) is 7.73. The number of rotatable bonds is 6. The van der Waals surface area contributed by atoms with Crippen molar-refractivity contribution in [2.75, 3.05) is 51.6 Å². The molecule has 1 aliphatic carbocycles. The Labute approximate surface area is 237 Å². The van der Waals surface area contributed by atoms with Crippen LogP contribution in [0.25, 0.3) is 0 Å². The van der Waals surface area contributed by atoms with Crippen molar-refractivity contribution in [2.45, 2.75) is 69.1 Å². The van der Waals surface area contributed by atoms with Gasteiger partial charge in [0.25, 0.3) is 5.91 Å². The van der Waals surface area contributed by atoms with Crippen LogP contribution in [-0.4, -0.2) is 90.2 Å². The molecule has 40 heavy (non-hydrogen) atoms. The average molecular weight is 546 g/mol. The average Bonchev–Trinajstić information content (AvgIpc) is 3.44. The molecule has 0 bridgehead atoms. The SMILES string of the molecule is CNC(=O)N1CCC(Nc2ccc3c(c2)C(=O)N(C[C@H](O)CN2CCc4ccccc4C2)CC32CCCC2)CC1. The molecular weight excluding hydrogens is 502 g/mol. The molecule has 3 heterocycles. The number of fused-ring (bicyclic) bond motifs is 3. The van der Waals surface area contributed by atoms with Gasteiger partial charge in [-0.1, -0.05) is 43.2 Å². The Morgan fingerprint density at radius 1 is 1.05 bits per heavy atom. The maximum Gasteiger partial charge on any atom is 0.317 e. The number of aliphatic hydroxyl groups is 1. The van der Waals surface area contributed by atoms with E-state index in [0.717, 1.165) is 69.5 Å². The highest BCUT2D eigenvalue weighted by Gasteiger charge is 2.45. The second-order valence-electron chi connectivity index (χ2n) is 12.3. The number of aliphatic hydroxyl groups excluding tert-OH is 1. The van der Waals surface area contributed by atoms with Gasteiger partial charge < -0.3 is 25.5 Å². The first-order valence-corrected chi connectivity index (χ1v) is 15.1. The number of benzene rings is 2. The Morgan fingerprint density at radius 3 is 2.55 bits per heavy atom. The second kappa shape index (κ2) is 11.4. The van der Waals surface area contributed by atoms with Crippen LogP contribution in [0.5, 0.6) is 0 Å². The van der Waals surface area contributed by atoms with Gasteiger partial charge in [-0.3, -0.25) is 9.69 Å². The summed E-state index contributed by atoms with van der Waals surface area (Å²) in [5.74, 6) is 0.0358. The molecule has 1 spiro atoms. The lowest BCUT2D eigenvalue weighted by Gasteiger charge is -2.43. The number of amides is 3. The molecule has 214 valence electrons. The van der Waals surface area contributed by atoms with Crippen molar-refractivity contribution in [3.05, 3.63) is 64.7 Å². The molecule has 8 heteroatoms. The third-order valence-electron chi connectivity index (χ3n) is 9.64. The fraction of sp³-hybridized carbons (Fsp3) is 0.562. The van der Waals surface area contributed by atoms with Crippen molar-refractivity contribution in [1.29, 1.82) is 0 Å². The lowest BCUT2D eigenvalue weighted by atomic mass is 9.73. The molecule has 3 amide bonds. The number of nitrogens with one attached hydrogen (secondary N) is 2. The summed E-state index contributed by atoms with van der Waals surface area (Å²) in [5, 5.41) is 17.5. The summed E-state index contributed by atoms with van der Waals surface area (Å²) in [5.41, 5.74) is 5.68. The molecule has 3 aliphatic heterocycles. The molecule has 2 aromatic rings. The number of urea groups is 1. The van der Waals surface area contributed by atoms with Crippen LogP contribution in [-0.2, 0) is 18.4 Å². The lowest BCUT2D eigenvalue weighted by molar-refractivity contribution is 0.0412. The first kappa shape index (κ1) is 27.1. The Balaban J connectivity index is 1.14. The lowest BCUT2D eigenvalue weighted by Crippen LogP contribution is -2.52. The van der Waals surface area contributed by atoms with E-state index in [-0.39, 0.29) is 23.4 Å². The summed E-state index contributed by atoms with van der Waals surface area (Å²) in [6.45, 7) is 4.87. The number of hydrogen-bond acceptors (Lipinski definition) is 5. The quantitative estimate of drug-likeness (QED) is 0.517. The number of carbonyl (C=O) groups excluding carboxylic acids is 2. The van der Waals surface area contributed by atoms with Crippen LogP contribution >= 0.6 is 0 Å². The van der Waals surface area contributed by atoms with E-state index in [4.69, 9.17) is 0 Å². The second-order valence-corrected chi connectivity index (χ2v) is 12.3. The van der Waals surface area contributed by atoms with Gasteiger partial charge >= 0.3 is 6.03 Å². The van der Waals surface area contributed by atoms with Gasteiger partial charge in [0, 0.05) is 75.6 Å². The number of anilines is 1. The van der Waals surface area contributed by atoms with Gasteiger partial charge in [-0.2, -0.15) is 0 Å². The van der Waals surface area contributed by atoms with Crippen molar-refractivity contribution in [2.24, 2.45) is 0 Å². The fourth-order valence-corrected chi connectivity index (χ4v) is 7.53. The molecule has 8 nitrogen and oxygen atoms in total. The summed E-state index contributed by atoms with van der Waals surface area (Å²) in [4.78, 5) is 31.9. The zero-order valence-electron chi connectivity index (χ0n) is 23.7. The molecule has 1 saturated heterocycles. The molecule has 6 rings (SSSR count). The van der Waals surface area contributed by atoms with Crippen LogP contribution in [0.4, 0.5) is 10.5 Å². The molecule has 1 atom stereocenters. The Bertz CT molecular complexity index is 1230. The maximum absolute atomic E-state index is 13.9. The molecular formula is C32H43N5O3. The monoisotopic (exact) mass is 545 g/mol. The normalized spacial score (nSPS) is 21.7. The molecule has 0 radical (unpaired) electrons. The van der Waals surface area contributed by atoms with Gasteiger partial charge in [-0.15, -0.1) is 0 Å². The number of likely N-dealkylation sites (tertiary alicyclic amines) is 1. The highest BCUT2D eigenvalue weighted by Crippen LogP contribution is 2.46. The maximum atomic E-state index is 13.9. The molecule has 0 aromatic heterocycles. The van der Waals surface area contributed by atoms with Crippen molar-refractivity contribution in [3.63, 3.8) is 0 Å². The molecule has 1 saturated carbocycles. The zero-order valence-corrected chi connectivity index (χ0v) is 23.7. The van der Waals surface area contributed by atoms with Crippen molar-refractivity contribution in [1.82, 2.24) is 20.0 Å². The van der Waals surface area contributed by atoms with Gasteiger partial charge in [0.2, 0.25) is 0 Å². The zero-order chi connectivity index (χ0) is 27.7. The van der Waals surface area contributed by atoms with Gasteiger partial charge in [0.1, 0.15) is 0 Å². The van der Waals surface area contributed by atoms with Gasteiger partial charge in [0.05, 0.1) is 6.10 Å². The van der Waals surface area contributed by atoms with Gasteiger partial charge in [-0.05, 0) is 60.9 Å². The smallest absolute Gasteiger partial charge is 0.317 e. The molecule has 2 fully saturated rings. The van der Waals surface area contributed by atoms with Gasteiger partial charge in [-0.25, -0.2) is 4.79 Å². The molecule has 3 N–H and O–H groups in total. The summed E-state index contributed by atoms with van der Waals surface area (Å²) < 4.78 is 0. The predicted molar refractivity (Wildman–Crippen MR) is 157 cm³/mol. The predicted octanol–water partition coefficient (Wildman–Crippen LogP) is 3.59. The topological polar surface area (TPSA) is 88.2 Å². The first-order chi connectivity index (χ1) is 19.4. The highest BCUT2D eigenvalue weighted by atomic mass is 16.3. The van der Waals surface area contributed by atoms with Gasteiger partial charge in [0.15, 0.2) is 0 Å². The van der Waals surface area contributed by atoms with E-state index in [2.05, 4.69) is 51.9 Å². The van der Waals surface area contributed by atoms with E-state index in [9.17, 15) is 14.7 Å². The van der Waals surface area contributed by atoms with E-state index in [1.807, 2.05) is 15.9 Å². The van der Waals surface area contributed by atoms with Crippen molar-refractivity contribution in [3.8, 4) is 0 Å². The minimum absolute atomic E-state index is 0.00951. The molecule has 0 unspecified atom stereocenters. The highest BCUT2D eigenvalue weighted by molar-refractivity contribution is 5.98. The summed E-state index contributed by atoms with van der Waals surface area (Å²) in [7, 11) is 1.67. The largest absolute Gasteiger partial charge is 0.390 e. The Hall–Kier alpha value is -3.10.